The summed E-state index contributed by atoms with van der Waals surface area (Å²) in [6.45, 7) is 1.50. The predicted octanol–water partition coefficient (Wildman–Crippen LogP) is 2.99. The average molecular weight is 427 g/mol. The van der Waals surface area contributed by atoms with Crippen molar-refractivity contribution in [1.82, 2.24) is 15.1 Å². The first kappa shape index (κ1) is 21.8. The molecule has 8 nitrogen and oxygen atoms in total. The van der Waals surface area contributed by atoms with Crippen LogP contribution in [0.2, 0.25) is 0 Å². The molecule has 1 amide bonds. The van der Waals surface area contributed by atoms with Gasteiger partial charge in [-0.3, -0.25) is 4.79 Å². The van der Waals surface area contributed by atoms with Crippen LogP contribution in [0.25, 0.3) is 16.9 Å². The molecule has 2 aromatic carbocycles. The van der Waals surface area contributed by atoms with Gasteiger partial charge in [0.25, 0.3) is 5.91 Å². The fraction of sp³-hybridized carbons (Fsp3) is 0.227. The minimum atomic E-state index is -0.863. The van der Waals surface area contributed by atoms with Gasteiger partial charge in [0.2, 0.25) is 0 Å². The minimum absolute atomic E-state index is 0.0445. The van der Waals surface area contributed by atoms with Crippen molar-refractivity contribution in [2.45, 2.75) is 13.0 Å². The molecule has 1 aromatic heterocycles. The van der Waals surface area contributed by atoms with Crippen molar-refractivity contribution in [3.8, 4) is 28.4 Å². The number of aromatic nitrogens is 2. The Labute approximate surface area is 178 Å². The number of esters is 1. The highest BCUT2D eigenvalue weighted by atomic mass is 19.1. The Morgan fingerprint density at radius 1 is 1.03 bits per heavy atom. The second-order valence-corrected chi connectivity index (χ2v) is 6.56. The molecule has 1 atom stereocenters. The maximum atomic E-state index is 13.5. The van der Waals surface area contributed by atoms with E-state index in [1.165, 1.54) is 57.2 Å². The standard InChI is InChI=1S/C22H22FN3O5/c1-13(22(28)31-4)24-21(27)16-12-17(20-18(29-2)6-5-7-19(20)30-3)26(25-16)15-10-8-14(23)9-11-15/h5-13H,1-4H3,(H,24,27)/t13-/m1/s1. The third kappa shape index (κ3) is 4.50. The van der Waals surface area contributed by atoms with Crippen LogP contribution in [0.5, 0.6) is 11.5 Å². The molecule has 9 heteroatoms. The van der Waals surface area contributed by atoms with E-state index in [2.05, 4.69) is 15.2 Å². The summed E-state index contributed by atoms with van der Waals surface area (Å²) in [6.07, 6.45) is 0. The summed E-state index contributed by atoms with van der Waals surface area (Å²) in [7, 11) is 4.27. The monoisotopic (exact) mass is 427 g/mol. The number of hydrogen-bond acceptors (Lipinski definition) is 6. The van der Waals surface area contributed by atoms with Crippen LogP contribution in [0.1, 0.15) is 17.4 Å². The van der Waals surface area contributed by atoms with E-state index < -0.39 is 23.7 Å². The summed E-state index contributed by atoms with van der Waals surface area (Å²) < 4.78 is 30.6. The minimum Gasteiger partial charge on any atom is -0.496 e. The number of nitrogens with zero attached hydrogens (tertiary/aromatic N) is 2. The first-order valence-corrected chi connectivity index (χ1v) is 9.35. The summed E-state index contributed by atoms with van der Waals surface area (Å²) >= 11 is 0. The van der Waals surface area contributed by atoms with Crippen LogP contribution < -0.4 is 14.8 Å². The number of carbonyl (C=O) groups excluding carboxylic acids is 2. The number of ether oxygens (including phenoxy) is 3. The molecule has 0 fully saturated rings. The average Bonchev–Trinajstić information content (AvgIpc) is 3.23. The van der Waals surface area contributed by atoms with Crippen LogP contribution in [-0.2, 0) is 9.53 Å². The smallest absolute Gasteiger partial charge is 0.328 e. The Balaban J connectivity index is 2.15. The summed E-state index contributed by atoms with van der Waals surface area (Å²) in [5, 5.41) is 6.94. The fourth-order valence-corrected chi connectivity index (χ4v) is 3.06. The highest BCUT2D eigenvalue weighted by molar-refractivity contribution is 5.96. The van der Waals surface area contributed by atoms with E-state index in [1.54, 1.807) is 24.3 Å². The van der Waals surface area contributed by atoms with Gasteiger partial charge in [-0.05, 0) is 49.4 Å². The van der Waals surface area contributed by atoms with E-state index in [9.17, 15) is 14.0 Å². The highest BCUT2D eigenvalue weighted by Crippen LogP contribution is 2.39. The normalized spacial score (nSPS) is 11.5. The van der Waals surface area contributed by atoms with Crippen molar-refractivity contribution in [3.63, 3.8) is 0 Å². The number of halogens is 1. The summed E-state index contributed by atoms with van der Waals surface area (Å²) in [4.78, 5) is 24.4. The second-order valence-electron chi connectivity index (χ2n) is 6.56. The summed E-state index contributed by atoms with van der Waals surface area (Å²) in [5.74, 6) is -0.570. The van der Waals surface area contributed by atoms with Gasteiger partial charge in [0.05, 0.1) is 38.3 Å². The number of benzene rings is 2. The number of nitrogens with one attached hydrogen (secondary N) is 1. The molecule has 0 spiro atoms. The molecule has 0 aliphatic rings. The zero-order valence-corrected chi connectivity index (χ0v) is 17.5. The molecular formula is C22H22FN3O5. The molecule has 162 valence electrons. The van der Waals surface area contributed by atoms with Gasteiger partial charge in [0.1, 0.15) is 23.4 Å². The Hall–Kier alpha value is -3.88. The summed E-state index contributed by atoms with van der Waals surface area (Å²) in [5.41, 5.74) is 1.61. The third-order valence-electron chi connectivity index (χ3n) is 4.60. The molecule has 3 aromatic rings. The number of carbonyl (C=O) groups is 2. The molecule has 31 heavy (non-hydrogen) atoms. The predicted molar refractivity (Wildman–Crippen MR) is 111 cm³/mol. The van der Waals surface area contributed by atoms with E-state index in [4.69, 9.17) is 9.47 Å². The molecule has 0 bridgehead atoms. The lowest BCUT2D eigenvalue weighted by molar-refractivity contribution is -0.142. The van der Waals surface area contributed by atoms with Gasteiger partial charge in [-0.25, -0.2) is 13.9 Å². The SMILES string of the molecule is COC(=O)[C@@H](C)NC(=O)c1cc(-c2c(OC)cccc2OC)n(-c2ccc(F)cc2)n1. The molecule has 1 heterocycles. The molecule has 0 unspecified atom stereocenters. The Kier molecular flexibility index (Phi) is 6.54. The topological polar surface area (TPSA) is 91.7 Å². The van der Waals surface area contributed by atoms with Crippen molar-refractivity contribution < 1.29 is 28.2 Å². The van der Waals surface area contributed by atoms with Gasteiger partial charge in [-0.15, -0.1) is 0 Å². The number of methoxy groups -OCH3 is 3. The Bertz CT molecular complexity index is 1070. The van der Waals surface area contributed by atoms with Crippen molar-refractivity contribution in [2.75, 3.05) is 21.3 Å². The Morgan fingerprint density at radius 3 is 2.19 bits per heavy atom. The lowest BCUT2D eigenvalue weighted by Crippen LogP contribution is -2.39. The van der Waals surface area contributed by atoms with Gasteiger partial charge in [0, 0.05) is 0 Å². The van der Waals surface area contributed by atoms with Crippen molar-refractivity contribution in [1.29, 1.82) is 0 Å². The third-order valence-corrected chi connectivity index (χ3v) is 4.60. The van der Waals surface area contributed by atoms with E-state index in [1.807, 2.05) is 0 Å². The first-order chi connectivity index (χ1) is 14.9. The van der Waals surface area contributed by atoms with Gasteiger partial charge in [-0.1, -0.05) is 6.07 Å². The van der Waals surface area contributed by atoms with Crippen LogP contribution in [0.15, 0.2) is 48.5 Å². The number of hydrogen-bond donors (Lipinski definition) is 1. The number of rotatable bonds is 7. The van der Waals surface area contributed by atoms with Crippen molar-refractivity contribution >= 4 is 11.9 Å². The van der Waals surface area contributed by atoms with E-state index in [0.717, 1.165) is 0 Å². The zero-order valence-electron chi connectivity index (χ0n) is 17.5. The second kappa shape index (κ2) is 9.29. The maximum absolute atomic E-state index is 13.5. The molecular weight excluding hydrogens is 405 g/mol. The van der Waals surface area contributed by atoms with Crippen LogP contribution in [-0.4, -0.2) is 49.0 Å². The van der Waals surface area contributed by atoms with Crippen LogP contribution in [0, 0.1) is 5.82 Å². The lowest BCUT2D eigenvalue weighted by Gasteiger charge is -2.14. The molecule has 0 aliphatic carbocycles. The molecule has 0 saturated heterocycles. The lowest BCUT2D eigenvalue weighted by atomic mass is 10.1. The fourth-order valence-electron chi connectivity index (χ4n) is 3.06. The van der Waals surface area contributed by atoms with E-state index in [0.29, 0.717) is 28.4 Å². The first-order valence-electron chi connectivity index (χ1n) is 9.35. The van der Waals surface area contributed by atoms with E-state index in [-0.39, 0.29) is 5.69 Å². The Morgan fingerprint density at radius 2 is 1.65 bits per heavy atom. The zero-order chi connectivity index (χ0) is 22.5. The van der Waals surface area contributed by atoms with Crippen LogP contribution in [0.3, 0.4) is 0 Å². The highest BCUT2D eigenvalue weighted by Gasteiger charge is 2.24. The molecule has 0 radical (unpaired) electrons. The van der Waals surface area contributed by atoms with Crippen molar-refractivity contribution in [3.05, 3.63) is 60.0 Å². The van der Waals surface area contributed by atoms with Gasteiger partial charge in [0.15, 0.2) is 5.69 Å². The number of amides is 1. The molecule has 1 N–H and O–H groups in total. The van der Waals surface area contributed by atoms with Gasteiger partial charge < -0.3 is 19.5 Å². The van der Waals surface area contributed by atoms with Gasteiger partial charge >= 0.3 is 5.97 Å². The molecule has 0 saturated carbocycles. The van der Waals surface area contributed by atoms with Gasteiger partial charge in [-0.2, -0.15) is 5.10 Å². The van der Waals surface area contributed by atoms with E-state index >= 15 is 0 Å². The quantitative estimate of drug-likeness (QED) is 0.583. The molecule has 0 aliphatic heterocycles. The van der Waals surface area contributed by atoms with Crippen LogP contribution in [0.4, 0.5) is 4.39 Å². The summed E-state index contributed by atoms with van der Waals surface area (Å²) in [6, 6.07) is 11.6. The maximum Gasteiger partial charge on any atom is 0.328 e. The molecule has 3 rings (SSSR count). The largest absolute Gasteiger partial charge is 0.496 e. The van der Waals surface area contributed by atoms with Crippen molar-refractivity contribution in [2.24, 2.45) is 0 Å². The van der Waals surface area contributed by atoms with Crippen LogP contribution >= 0.6 is 0 Å².